The van der Waals surface area contributed by atoms with Crippen LogP contribution in [0.2, 0.25) is 0 Å². The molecule has 0 saturated carbocycles. The summed E-state index contributed by atoms with van der Waals surface area (Å²) in [6, 6.07) is 0.526. The van der Waals surface area contributed by atoms with Crippen LogP contribution in [-0.2, 0) is 10.0 Å². The second-order valence-corrected chi connectivity index (χ2v) is 7.04. The Labute approximate surface area is 123 Å². The molecule has 0 aromatic heterocycles. The van der Waals surface area contributed by atoms with Crippen molar-refractivity contribution < 1.29 is 17.7 Å². The standard InChI is InChI=1S/C13H19FN2O4S/c1-7(2)10(5)15-21(19,20)13-8(3)6-11(14)12(9(13)4)16(17)18/h6-7,10,15H,1-5H3. The van der Waals surface area contributed by atoms with E-state index in [0.29, 0.717) is 0 Å². The van der Waals surface area contributed by atoms with Crippen LogP contribution in [0.3, 0.4) is 0 Å². The van der Waals surface area contributed by atoms with Gasteiger partial charge in [-0.25, -0.2) is 13.1 Å². The van der Waals surface area contributed by atoms with Gasteiger partial charge in [0, 0.05) is 6.04 Å². The molecule has 0 radical (unpaired) electrons. The summed E-state index contributed by atoms with van der Waals surface area (Å²) >= 11 is 0. The Morgan fingerprint density at radius 3 is 2.24 bits per heavy atom. The number of rotatable bonds is 5. The van der Waals surface area contributed by atoms with Gasteiger partial charge in [0.1, 0.15) is 0 Å². The first-order chi connectivity index (χ1) is 9.49. The van der Waals surface area contributed by atoms with Crippen LogP contribution in [0.1, 0.15) is 31.9 Å². The molecule has 1 aromatic carbocycles. The molecule has 1 atom stereocenters. The van der Waals surface area contributed by atoms with Gasteiger partial charge in [0.25, 0.3) is 0 Å². The summed E-state index contributed by atoms with van der Waals surface area (Å²) in [4.78, 5) is 9.77. The van der Waals surface area contributed by atoms with E-state index < -0.39 is 26.5 Å². The monoisotopic (exact) mass is 318 g/mol. The van der Waals surface area contributed by atoms with Crippen molar-refractivity contribution in [1.29, 1.82) is 0 Å². The fourth-order valence-electron chi connectivity index (χ4n) is 1.98. The van der Waals surface area contributed by atoms with Gasteiger partial charge in [0.2, 0.25) is 15.8 Å². The third-order valence-electron chi connectivity index (χ3n) is 3.42. The Morgan fingerprint density at radius 1 is 1.29 bits per heavy atom. The van der Waals surface area contributed by atoms with E-state index >= 15 is 0 Å². The highest BCUT2D eigenvalue weighted by molar-refractivity contribution is 7.89. The average Bonchev–Trinajstić information content (AvgIpc) is 2.25. The van der Waals surface area contributed by atoms with Gasteiger partial charge in [-0.05, 0) is 38.3 Å². The minimum Gasteiger partial charge on any atom is -0.258 e. The van der Waals surface area contributed by atoms with Gasteiger partial charge < -0.3 is 0 Å². The molecule has 118 valence electrons. The minimum atomic E-state index is -3.96. The molecule has 1 N–H and O–H groups in total. The Kier molecular flexibility index (Phi) is 5.06. The van der Waals surface area contributed by atoms with E-state index in [0.717, 1.165) is 6.07 Å². The second-order valence-electron chi connectivity index (χ2n) is 5.39. The number of hydrogen-bond donors (Lipinski definition) is 1. The van der Waals surface area contributed by atoms with E-state index in [1.54, 1.807) is 6.92 Å². The number of halogens is 1. The Morgan fingerprint density at radius 2 is 1.81 bits per heavy atom. The highest BCUT2D eigenvalue weighted by Gasteiger charge is 2.30. The summed E-state index contributed by atoms with van der Waals surface area (Å²) < 4.78 is 41.0. The van der Waals surface area contributed by atoms with Crippen LogP contribution in [0.25, 0.3) is 0 Å². The smallest absolute Gasteiger partial charge is 0.258 e. The zero-order valence-corrected chi connectivity index (χ0v) is 13.4. The number of sulfonamides is 1. The van der Waals surface area contributed by atoms with Gasteiger partial charge in [-0.1, -0.05) is 13.8 Å². The summed E-state index contributed by atoms with van der Waals surface area (Å²) in [6.45, 7) is 8.04. The van der Waals surface area contributed by atoms with Gasteiger partial charge in [-0.3, -0.25) is 10.1 Å². The number of nitrogens with one attached hydrogen (secondary N) is 1. The molecule has 1 unspecified atom stereocenters. The lowest BCUT2D eigenvalue weighted by Gasteiger charge is -2.19. The summed E-state index contributed by atoms with van der Waals surface area (Å²) in [5.41, 5.74) is -0.863. The van der Waals surface area contributed by atoms with Crippen molar-refractivity contribution in [2.75, 3.05) is 0 Å². The van der Waals surface area contributed by atoms with Crippen LogP contribution in [0.15, 0.2) is 11.0 Å². The molecule has 0 amide bonds. The summed E-state index contributed by atoms with van der Waals surface area (Å²) in [5, 5.41) is 10.9. The van der Waals surface area contributed by atoms with E-state index in [-0.39, 0.29) is 28.0 Å². The molecule has 8 heteroatoms. The zero-order chi connectivity index (χ0) is 16.5. The van der Waals surface area contributed by atoms with Gasteiger partial charge in [-0.2, -0.15) is 4.39 Å². The largest absolute Gasteiger partial charge is 0.309 e. The number of aryl methyl sites for hydroxylation is 1. The number of benzene rings is 1. The first-order valence-electron chi connectivity index (χ1n) is 6.45. The summed E-state index contributed by atoms with van der Waals surface area (Å²) in [7, 11) is -3.96. The molecule has 0 aliphatic heterocycles. The van der Waals surface area contributed by atoms with Crippen molar-refractivity contribution in [2.45, 2.75) is 45.6 Å². The van der Waals surface area contributed by atoms with Gasteiger partial charge in [-0.15, -0.1) is 0 Å². The molecule has 21 heavy (non-hydrogen) atoms. The molecular weight excluding hydrogens is 299 g/mol. The van der Waals surface area contributed by atoms with Crippen LogP contribution >= 0.6 is 0 Å². The first kappa shape index (κ1) is 17.5. The number of nitrogens with zero attached hydrogens (tertiary/aromatic N) is 1. The molecule has 1 aromatic rings. The lowest BCUT2D eigenvalue weighted by Crippen LogP contribution is -2.36. The van der Waals surface area contributed by atoms with Crippen LogP contribution in [0.4, 0.5) is 10.1 Å². The second kappa shape index (κ2) is 6.07. The molecule has 0 saturated heterocycles. The number of nitro benzene ring substituents is 1. The highest BCUT2D eigenvalue weighted by Crippen LogP contribution is 2.31. The van der Waals surface area contributed by atoms with Crippen molar-refractivity contribution >= 4 is 15.7 Å². The van der Waals surface area contributed by atoms with Crippen molar-refractivity contribution in [3.05, 3.63) is 33.1 Å². The van der Waals surface area contributed by atoms with Gasteiger partial charge >= 0.3 is 5.69 Å². The van der Waals surface area contributed by atoms with Crippen LogP contribution in [-0.4, -0.2) is 19.4 Å². The number of hydrogen-bond acceptors (Lipinski definition) is 4. The molecule has 0 aliphatic rings. The van der Waals surface area contributed by atoms with Gasteiger partial charge in [0.15, 0.2) is 0 Å². The van der Waals surface area contributed by atoms with Crippen molar-refractivity contribution in [2.24, 2.45) is 5.92 Å². The molecular formula is C13H19FN2O4S. The predicted octanol–water partition coefficient (Wildman–Crippen LogP) is 2.67. The molecule has 1 rings (SSSR count). The van der Waals surface area contributed by atoms with Crippen molar-refractivity contribution in [1.82, 2.24) is 4.72 Å². The highest BCUT2D eigenvalue weighted by atomic mass is 32.2. The zero-order valence-electron chi connectivity index (χ0n) is 12.6. The number of nitro groups is 1. The Hall–Kier alpha value is -1.54. The quantitative estimate of drug-likeness (QED) is 0.667. The van der Waals surface area contributed by atoms with Crippen LogP contribution in [0, 0.1) is 35.7 Å². The van der Waals surface area contributed by atoms with Crippen LogP contribution < -0.4 is 4.72 Å². The molecule has 0 fully saturated rings. The van der Waals surface area contributed by atoms with Crippen LogP contribution in [0.5, 0.6) is 0 Å². The maximum Gasteiger partial charge on any atom is 0.309 e. The van der Waals surface area contributed by atoms with E-state index in [2.05, 4.69) is 4.72 Å². The predicted molar refractivity (Wildman–Crippen MR) is 77.1 cm³/mol. The molecule has 0 heterocycles. The van der Waals surface area contributed by atoms with E-state index in [4.69, 9.17) is 0 Å². The lowest BCUT2D eigenvalue weighted by atomic mass is 10.1. The fraction of sp³-hybridized carbons (Fsp3) is 0.538. The minimum absolute atomic E-state index is 0.0517. The molecule has 0 bridgehead atoms. The van der Waals surface area contributed by atoms with Crippen molar-refractivity contribution in [3.8, 4) is 0 Å². The third kappa shape index (κ3) is 3.56. The first-order valence-corrected chi connectivity index (χ1v) is 7.93. The Bertz CT molecular complexity index is 671. The fourth-order valence-corrected chi connectivity index (χ4v) is 3.85. The SMILES string of the molecule is Cc1cc(F)c([N+](=O)[O-])c(C)c1S(=O)(=O)NC(C)C(C)C. The summed E-state index contributed by atoms with van der Waals surface area (Å²) in [5.74, 6) is -0.985. The van der Waals surface area contributed by atoms with E-state index in [9.17, 15) is 22.9 Å². The maximum absolute atomic E-state index is 13.7. The topological polar surface area (TPSA) is 89.3 Å². The Balaban J connectivity index is 3.50. The third-order valence-corrected chi connectivity index (χ3v) is 5.26. The summed E-state index contributed by atoms with van der Waals surface area (Å²) in [6.07, 6.45) is 0. The molecule has 0 spiro atoms. The molecule has 6 nitrogen and oxygen atoms in total. The lowest BCUT2D eigenvalue weighted by molar-refractivity contribution is -0.388. The molecule has 0 aliphatic carbocycles. The van der Waals surface area contributed by atoms with E-state index in [1.165, 1.54) is 13.8 Å². The maximum atomic E-state index is 13.7. The van der Waals surface area contributed by atoms with Gasteiger partial charge in [0.05, 0.1) is 15.4 Å². The normalized spacial score (nSPS) is 13.5. The average molecular weight is 318 g/mol. The van der Waals surface area contributed by atoms with E-state index in [1.807, 2.05) is 13.8 Å². The van der Waals surface area contributed by atoms with Crippen molar-refractivity contribution in [3.63, 3.8) is 0 Å².